The molecule has 1 amide bonds. The van der Waals surface area contributed by atoms with Gasteiger partial charge in [0.25, 0.3) is 0 Å². The Morgan fingerprint density at radius 3 is 2.77 bits per heavy atom. The maximum atomic E-state index is 11.7. The number of carbonyl (C=O) groups excluding carboxylic acids is 1. The number of hydrogen-bond acceptors (Lipinski definition) is 7. The van der Waals surface area contributed by atoms with Crippen molar-refractivity contribution >= 4 is 58.2 Å². The van der Waals surface area contributed by atoms with Crippen LogP contribution < -0.4 is 14.8 Å². The van der Waals surface area contributed by atoms with Gasteiger partial charge >= 0.3 is 5.97 Å². The van der Waals surface area contributed by atoms with Gasteiger partial charge in [-0.05, 0) is 35.9 Å². The lowest BCUT2D eigenvalue weighted by Gasteiger charge is -2.12. The zero-order chi connectivity index (χ0) is 22.4. The number of aliphatic carboxylic acids is 1. The molecule has 162 valence electrons. The second kappa shape index (κ2) is 10.5. The van der Waals surface area contributed by atoms with Crippen molar-refractivity contribution in [3.63, 3.8) is 0 Å². The van der Waals surface area contributed by atoms with Crippen LogP contribution in [0.2, 0.25) is 10.0 Å². The Morgan fingerprint density at radius 2 is 2.06 bits per heavy atom. The molecule has 0 aromatic heterocycles. The molecule has 31 heavy (non-hydrogen) atoms. The first-order chi connectivity index (χ1) is 14.9. The molecule has 0 saturated carbocycles. The Bertz CT molecular complexity index is 1060. The van der Waals surface area contributed by atoms with Crippen molar-refractivity contribution in [1.29, 1.82) is 0 Å². The molecule has 0 bridgehead atoms. The smallest absolute Gasteiger partial charge is 0.305 e. The Morgan fingerprint density at radius 1 is 1.26 bits per heavy atom. The maximum Gasteiger partial charge on any atom is 0.305 e. The molecular formula is C20H17Cl2N3O5S. The van der Waals surface area contributed by atoms with Crippen molar-refractivity contribution < 1.29 is 24.2 Å². The Labute approximate surface area is 192 Å². The highest BCUT2D eigenvalue weighted by Gasteiger charge is 2.32. The van der Waals surface area contributed by atoms with Gasteiger partial charge in [0.05, 0.1) is 19.7 Å². The van der Waals surface area contributed by atoms with E-state index in [1.54, 1.807) is 36.4 Å². The van der Waals surface area contributed by atoms with Crippen molar-refractivity contribution in [1.82, 2.24) is 5.32 Å². The number of ether oxygens (including phenoxy) is 2. The van der Waals surface area contributed by atoms with Crippen LogP contribution in [0.4, 0.5) is 0 Å². The lowest BCUT2D eigenvalue weighted by Crippen LogP contribution is -2.26. The van der Waals surface area contributed by atoms with E-state index in [9.17, 15) is 9.59 Å². The SMILES string of the molecule is COc1ccc(/C=N\N=C2\NC(=O)[C@H](CC(=O)O)S2)cc1OCc1ccc(Cl)cc1Cl. The van der Waals surface area contributed by atoms with Gasteiger partial charge in [-0.1, -0.05) is 41.0 Å². The number of hydrogen-bond donors (Lipinski definition) is 2. The number of rotatable bonds is 8. The van der Waals surface area contributed by atoms with Crippen molar-refractivity contribution in [2.24, 2.45) is 10.2 Å². The van der Waals surface area contributed by atoms with Crippen LogP contribution in [-0.4, -0.2) is 40.7 Å². The van der Waals surface area contributed by atoms with Gasteiger partial charge in [0.1, 0.15) is 11.9 Å². The lowest BCUT2D eigenvalue weighted by atomic mass is 10.2. The summed E-state index contributed by atoms with van der Waals surface area (Å²) in [6.45, 7) is 0.211. The molecule has 1 fully saturated rings. The fraction of sp³-hybridized carbons (Fsp3) is 0.200. The van der Waals surface area contributed by atoms with Crippen LogP contribution in [0.1, 0.15) is 17.5 Å². The second-order valence-corrected chi connectivity index (χ2v) is 8.31. The molecule has 0 unspecified atom stereocenters. The summed E-state index contributed by atoms with van der Waals surface area (Å²) in [5.41, 5.74) is 1.45. The minimum atomic E-state index is -1.05. The van der Waals surface area contributed by atoms with Gasteiger partial charge in [0, 0.05) is 15.6 Å². The largest absolute Gasteiger partial charge is 0.493 e. The highest BCUT2D eigenvalue weighted by Crippen LogP contribution is 2.30. The minimum absolute atomic E-state index is 0.211. The number of carboxylic acids is 1. The van der Waals surface area contributed by atoms with Crippen LogP contribution in [0.3, 0.4) is 0 Å². The molecule has 2 aromatic rings. The summed E-state index contributed by atoms with van der Waals surface area (Å²) in [6.07, 6.45) is 1.20. The number of nitrogens with one attached hydrogen (secondary N) is 1. The zero-order valence-electron chi connectivity index (χ0n) is 16.2. The first-order valence-electron chi connectivity index (χ1n) is 8.91. The van der Waals surface area contributed by atoms with Crippen LogP contribution in [0.15, 0.2) is 46.6 Å². The van der Waals surface area contributed by atoms with E-state index in [0.29, 0.717) is 27.1 Å². The third-order valence-electron chi connectivity index (χ3n) is 4.08. The minimum Gasteiger partial charge on any atom is -0.493 e. The highest BCUT2D eigenvalue weighted by molar-refractivity contribution is 8.15. The van der Waals surface area contributed by atoms with E-state index in [0.717, 1.165) is 17.3 Å². The number of carboxylic acid groups (broad SMARTS) is 1. The summed E-state index contributed by atoms with van der Waals surface area (Å²) in [7, 11) is 1.53. The maximum absolute atomic E-state index is 11.7. The molecule has 0 aliphatic carbocycles. The molecule has 1 aliphatic rings. The average molecular weight is 482 g/mol. The number of methoxy groups -OCH3 is 1. The van der Waals surface area contributed by atoms with Crippen LogP contribution in [-0.2, 0) is 16.2 Å². The zero-order valence-corrected chi connectivity index (χ0v) is 18.5. The molecule has 8 nitrogen and oxygen atoms in total. The first-order valence-corrected chi connectivity index (χ1v) is 10.5. The van der Waals surface area contributed by atoms with E-state index in [-0.39, 0.29) is 18.2 Å². The average Bonchev–Trinajstić information content (AvgIpc) is 3.06. The number of thioether (sulfide) groups is 1. The predicted octanol–water partition coefficient (Wildman–Crippen LogP) is 3.98. The van der Waals surface area contributed by atoms with E-state index in [1.165, 1.54) is 13.3 Å². The fourth-order valence-corrected chi connectivity index (χ4v) is 3.95. The topological polar surface area (TPSA) is 110 Å². The Hall–Kier alpha value is -2.75. The molecule has 3 rings (SSSR count). The number of nitrogens with zero attached hydrogens (tertiary/aromatic N) is 2. The molecule has 2 aromatic carbocycles. The standard InChI is InChI=1S/C20H17Cl2N3O5S/c1-29-15-5-2-11(6-16(15)30-10-12-3-4-13(21)7-14(12)22)9-23-25-20-24-19(28)17(31-20)8-18(26)27/h2-7,9,17H,8,10H2,1H3,(H,26,27)(H,24,25,28)/b23-9-/t17-/m0/s1. The highest BCUT2D eigenvalue weighted by atomic mass is 35.5. The summed E-state index contributed by atoms with van der Waals surface area (Å²) >= 11 is 13.1. The van der Waals surface area contributed by atoms with Gasteiger partial charge < -0.3 is 19.9 Å². The van der Waals surface area contributed by atoms with Gasteiger partial charge in [0.15, 0.2) is 16.7 Å². The summed E-state index contributed by atoms with van der Waals surface area (Å²) in [5.74, 6) is -0.441. The van der Waals surface area contributed by atoms with E-state index < -0.39 is 17.1 Å². The molecule has 11 heteroatoms. The van der Waals surface area contributed by atoms with Gasteiger partial charge in [0.2, 0.25) is 5.91 Å². The van der Waals surface area contributed by atoms with Gasteiger partial charge in [-0.2, -0.15) is 5.10 Å². The van der Waals surface area contributed by atoms with Gasteiger partial charge in [-0.25, -0.2) is 0 Å². The molecule has 0 spiro atoms. The van der Waals surface area contributed by atoms with Gasteiger partial charge in [-0.15, -0.1) is 5.10 Å². The Balaban J connectivity index is 1.68. The molecule has 1 aliphatic heterocycles. The number of halogens is 2. The van der Waals surface area contributed by atoms with Crippen molar-refractivity contribution in [3.8, 4) is 11.5 Å². The number of amides is 1. The summed E-state index contributed by atoms with van der Waals surface area (Å²) in [4.78, 5) is 22.5. The molecular weight excluding hydrogens is 465 g/mol. The van der Waals surface area contributed by atoms with E-state index >= 15 is 0 Å². The summed E-state index contributed by atoms with van der Waals surface area (Å²) < 4.78 is 11.2. The number of carbonyl (C=O) groups is 2. The van der Waals surface area contributed by atoms with Crippen LogP contribution in [0.25, 0.3) is 0 Å². The third kappa shape index (κ3) is 6.36. The summed E-state index contributed by atoms with van der Waals surface area (Å²) in [5, 5.41) is 19.8. The van der Waals surface area contributed by atoms with Crippen LogP contribution >= 0.6 is 35.0 Å². The fourth-order valence-electron chi connectivity index (χ4n) is 2.57. The van der Waals surface area contributed by atoms with Gasteiger partial charge in [-0.3, -0.25) is 9.59 Å². The number of benzene rings is 2. The predicted molar refractivity (Wildman–Crippen MR) is 121 cm³/mol. The third-order valence-corrected chi connectivity index (χ3v) is 5.74. The monoisotopic (exact) mass is 481 g/mol. The van der Waals surface area contributed by atoms with Crippen molar-refractivity contribution in [3.05, 3.63) is 57.6 Å². The van der Waals surface area contributed by atoms with Crippen LogP contribution in [0.5, 0.6) is 11.5 Å². The molecule has 1 heterocycles. The van der Waals surface area contributed by atoms with Crippen molar-refractivity contribution in [2.75, 3.05) is 7.11 Å². The second-order valence-electron chi connectivity index (χ2n) is 6.28. The van der Waals surface area contributed by atoms with E-state index in [2.05, 4.69) is 15.5 Å². The first kappa shape index (κ1) is 22.9. The molecule has 0 radical (unpaired) electrons. The van der Waals surface area contributed by atoms with E-state index in [4.69, 9.17) is 37.8 Å². The Kier molecular flexibility index (Phi) is 7.78. The van der Waals surface area contributed by atoms with Crippen molar-refractivity contribution in [2.45, 2.75) is 18.3 Å². The molecule has 2 N–H and O–H groups in total. The summed E-state index contributed by atoms with van der Waals surface area (Å²) in [6, 6.07) is 10.4. The molecule has 1 atom stereocenters. The van der Waals surface area contributed by atoms with E-state index in [1.807, 2.05) is 0 Å². The molecule has 1 saturated heterocycles. The lowest BCUT2D eigenvalue weighted by molar-refractivity contribution is -0.138. The quantitative estimate of drug-likeness (QED) is 0.435. The van der Waals surface area contributed by atoms with Crippen LogP contribution in [0, 0.1) is 0 Å². The number of amidine groups is 1. The normalized spacial score (nSPS) is 17.2.